The number of hydrogen-bond donors (Lipinski definition) is 1. The van der Waals surface area contributed by atoms with Crippen LogP contribution >= 0.6 is 11.3 Å². The molecule has 0 unspecified atom stereocenters. The highest BCUT2D eigenvalue weighted by Crippen LogP contribution is 2.19. The van der Waals surface area contributed by atoms with Gasteiger partial charge in [0, 0.05) is 12.2 Å². The zero-order valence-corrected chi connectivity index (χ0v) is 11.0. The first kappa shape index (κ1) is 11.9. The van der Waals surface area contributed by atoms with Crippen LogP contribution in [0, 0.1) is 13.8 Å². The van der Waals surface area contributed by atoms with E-state index in [1.54, 1.807) is 11.3 Å². The molecular weight excluding hydrogens is 228 g/mol. The maximum Gasteiger partial charge on any atom is 0.0801 e. The highest BCUT2D eigenvalue weighted by atomic mass is 32.1. The summed E-state index contributed by atoms with van der Waals surface area (Å²) < 4.78 is 0. The van der Waals surface area contributed by atoms with Crippen molar-refractivity contribution in [1.82, 2.24) is 10.3 Å². The van der Waals surface area contributed by atoms with Gasteiger partial charge in [0.25, 0.3) is 0 Å². The van der Waals surface area contributed by atoms with Crippen molar-refractivity contribution < 1.29 is 0 Å². The molecule has 0 spiro atoms. The molecule has 0 aliphatic heterocycles. The lowest BCUT2D eigenvalue weighted by molar-refractivity contribution is 0.891. The van der Waals surface area contributed by atoms with E-state index >= 15 is 0 Å². The van der Waals surface area contributed by atoms with Crippen molar-refractivity contribution in [1.29, 1.82) is 0 Å². The standard InChI is InChI=1S/C14H16N2S/c1-10-5-4-6-13(7-10)8-15-11(2)14-12(3)16-9-17-14/h4-7,9,15H,2,8H2,1,3H3. The molecule has 1 aromatic carbocycles. The molecule has 2 nitrogen and oxygen atoms in total. The predicted octanol–water partition coefficient (Wildman–Crippen LogP) is 3.52. The number of nitrogens with zero attached hydrogens (tertiary/aromatic N) is 1. The molecular formula is C14H16N2S. The SMILES string of the molecule is C=C(NCc1cccc(C)c1)c1scnc1C. The van der Waals surface area contributed by atoms with Gasteiger partial charge in [0.2, 0.25) is 0 Å². The van der Waals surface area contributed by atoms with Gasteiger partial charge in [-0.15, -0.1) is 11.3 Å². The van der Waals surface area contributed by atoms with E-state index in [1.165, 1.54) is 11.1 Å². The highest BCUT2D eigenvalue weighted by Gasteiger charge is 2.05. The Morgan fingerprint density at radius 3 is 2.88 bits per heavy atom. The zero-order chi connectivity index (χ0) is 12.3. The molecule has 1 aromatic heterocycles. The molecule has 0 bridgehead atoms. The van der Waals surface area contributed by atoms with Crippen LogP contribution in [0.4, 0.5) is 0 Å². The molecule has 0 aliphatic carbocycles. The van der Waals surface area contributed by atoms with E-state index in [2.05, 4.69) is 48.1 Å². The van der Waals surface area contributed by atoms with Crippen molar-refractivity contribution in [2.75, 3.05) is 0 Å². The number of benzene rings is 1. The summed E-state index contributed by atoms with van der Waals surface area (Å²) in [6, 6.07) is 8.48. The molecule has 2 aromatic rings. The molecule has 0 amide bonds. The summed E-state index contributed by atoms with van der Waals surface area (Å²) in [6.07, 6.45) is 0. The van der Waals surface area contributed by atoms with Crippen LogP contribution < -0.4 is 5.32 Å². The number of nitrogens with one attached hydrogen (secondary N) is 1. The lowest BCUT2D eigenvalue weighted by atomic mass is 10.1. The van der Waals surface area contributed by atoms with Gasteiger partial charge in [-0.2, -0.15) is 0 Å². The van der Waals surface area contributed by atoms with Crippen LogP contribution in [-0.4, -0.2) is 4.98 Å². The molecule has 0 fully saturated rings. The lowest BCUT2D eigenvalue weighted by Crippen LogP contribution is -2.10. The van der Waals surface area contributed by atoms with E-state index in [0.29, 0.717) is 0 Å². The van der Waals surface area contributed by atoms with Crippen LogP contribution in [0.3, 0.4) is 0 Å². The first-order chi connectivity index (χ1) is 8.16. The van der Waals surface area contributed by atoms with Gasteiger partial charge in [0.15, 0.2) is 0 Å². The second-order valence-electron chi connectivity index (χ2n) is 4.09. The quantitative estimate of drug-likeness (QED) is 0.890. The Morgan fingerprint density at radius 2 is 2.24 bits per heavy atom. The maximum atomic E-state index is 4.22. The van der Waals surface area contributed by atoms with Crippen molar-refractivity contribution in [3.8, 4) is 0 Å². The highest BCUT2D eigenvalue weighted by molar-refractivity contribution is 7.10. The van der Waals surface area contributed by atoms with Crippen molar-refractivity contribution in [3.63, 3.8) is 0 Å². The van der Waals surface area contributed by atoms with Gasteiger partial charge in [-0.3, -0.25) is 0 Å². The fourth-order valence-electron chi connectivity index (χ4n) is 1.70. The van der Waals surface area contributed by atoms with Gasteiger partial charge in [-0.25, -0.2) is 4.98 Å². The molecule has 88 valence electrons. The molecule has 0 saturated heterocycles. The molecule has 2 rings (SSSR count). The Bertz CT molecular complexity index is 529. The van der Waals surface area contributed by atoms with E-state index < -0.39 is 0 Å². The number of thiazole rings is 1. The van der Waals surface area contributed by atoms with E-state index in [1.807, 2.05) is 12.4 Å². The molecule has 1 heterocycles. The molecule has 1 N–H and O–H groups in total. The average molecular weight is 244 g/mol. The Labute approximate surface area is 106 Å². The van der Waals surface area contributed by atoms with Crippen LogP contribution in [0.5, 0.6) is 0 Å². The Kier molecular flexibility index (Phi) is 3.59. The third-order valence-electron chi connectivity index (χ3n) is 2.61. The fraction of sp³-hybridized carbons (Fsp3) is 0.214. The fourth-order valence-corrected chi connectivity index (χ4v) is 2.46. The average Bonchev–Trinajstić information content (AvgIpc) is 2.72. The first-order valence-corrected chi connectivity index (χ1v) is 6.43. The van der Waals surface area contributed by atoms with E-state index in [9.17, 15) is 0 Å². The minimum atomic E-state index is 0.803. The normalized spacial score (nSPS) is 10.2. The number of aromatic nitrogens is 1. The lowest BCUT2D eigenvalue weighted by Gasteiger charge is -2.09. The van der Waals surface area contributed by atoms with Crippen LogP contribution in [0.2, 0.25) is 0 Å². The van der Waals surface area contributed by atoms with Crippen LogP contribution in [0.1, 0.15) is 21.7 Å². The summed E-state index contributed by atoms with van der Waals surface area (Å²) in [5.74, 6) is 0. The van der Waals surface area contributed by atoms with Crippen LogP contribution in [0.25, 0.3) is 5.70 Å². The summed E-state index contributed by atoms with van der Waals surface area (Å²) in [4.78, 5) is 5.36. The number of hydrogen-bond acceptors (Lipinski definition) is 3. The second kappa shape index (κ2) is 5.15. The summed E-state index contributed by atoms with van der Waals surface area (Å²) in [5, 5.41) is 3.35. The molecule has 0 atom stereocenters. The third-order valence-corrected chi connectivity index (χ3v) is 3.60. The molecule has 17 heavy (non-hydrogen) atoms. The summed E-state index contributed by atoms with van der Waals surface area (Å²) in [7, 11) is 0. The number of aryl methyl sites for hydroxylation is 2. The zero-order valence-electron chi connectivity index (χ0n) is 10.2. The van der Waals surface area contributed by atoms with Crippen molar-refractivity contribution in [2.45, 2.75) is 20.4 Å². The first-order valence-electron chi connectivity index (χ1n) is 5.55. The van der Waals surface area contributed by atoms with Crippen molar-refractivity contribution >= 4 is 17.0 Å². The molecule has 0 aliphatic rings. The van der Waals surface area contributed by atoms with E-state index in [-0.39, 0.29) is 0 Å². The molecule has 0 saturated carbocycles. The smallest absolute Gasteiger partial charge is 0.0801 e. The van der Waals surface area contributed by atoms with Gasteiger partial charge in [-0.05, 0) is 19.4 Å². The molecule has 0 radical (unpaired) electrons. The van der Waals surface area contributed by atoms with E-state index in [0.717, 1.165) is 22.8 Å². The largest absolute Gasteiger partial charge is 0.380 e. The summed E-state index contributed by atoms with van der Waals surface area (Å²) >= 11 is 1.62. The monoisotopic (exact) mass is 244 g/mol. The summed E-state index contributed by atoms with van der Waals surface area (Å²) in [5.41, 5.74) is 6.39. The van der Waals surface area contributed by atoms with Gasteiger partial charge in [0.05, 0.1) is 16.1 Å². The van der Waals surface area contributed by atoms with Gasteiger partial charge in [-0.1, -0.05) is 36.4 Å². The van der Waals surface area contributed by atoms with E-state index in [4.69, 9.17) is 0 Å². The minimum absolute atomic E-state index is 0.803. The Morgan fingerprint density at radius 1 is 1.41 bits per heavy atom. The van der Waals surface area contributed by atoms with Gasteiger partial charge < -0.3 is 5.32 Å². The Balaban J connectivity index is 1.99. The van der Waals surface area contributed by atoms with Gasteiger partial charge >= 0.3 is 0 Å². The number of rotatable bonds is 4. The van der Waals surface area contributed by atoms with Gasteiger partial charge in [0.1, 0.15) is 0 Å². The topological polar surface area (TPSA) is 24.9 Å². The second-order valence-corrected chi connectivity index (χ2v) is 4.94. The van der Waals surface area contributed by atoms with Crippen molar-refractivity contribution in [2.24, 2.45) is 0 Å². The Hall–Kier alpha value is -1.61. The third kappa shape index (κ3) is 2.94. The maximum absolute atomic E-state index is 4.22. The minimum Gasteiger partial charge on any atom is -0.380 e. The van der Waals surface area contributed by atoms with Crippen LogP contribution in [0.15, 0.2) is 36.4 Å². The molecule has 3 heteroatoms. The predicted molar refractivity (Wildman–Crippen MR) is 73.9 cm³/mol. The summed E-state index contributed by atoms with van der Waals surface area (Å²) in [6.45, 7) is 8.97. The van der Waals surface area contributed by atoms with Crippen molar-refractivity contribution in [3.05, 3.63) is 58.1 Å². The van der Waals surface area contributed by atoms with Crippen LogP contribution in [-0.2, 0) is 6.54 Å².